The van der Waals surface area contributed by atoms with Crippen LogP contribution in [0.5, 0.6) is 11.5 Å². The fraction of sp³-hybridized carbons (Fsp3) is 0.207. The Morgan fingerprint density at radius 1 is 1.05 bits per heavy atom. The minimum Gasteiger partial charge on any atom is -0.493 e. The van der Waals surface area contributed by atoms with E-state index in [2.05, 4.69) is 26.6 Å². The number of hydrogen-bond donors (Lipinski definition) is 2. The fourth-order valence-corrected chi connectivity index (χ4v) is 3.89. The molecule has 0 aliphatic rings. The molecule has 0 atom stereocenters. The molecule has 0 radical (unpaired) electrons. The number of benzene rings is 3. The summed E-state index contributed by atoms with van der Waals surface area (Å²) in [5, 5.41) is 15.1. The summed E-state index contributed by atoms with van der Waals surface area (Å²) in [5.74, 6) is -0.0659. The van der Waals surface area contributed by atoms with Gasteiger partial charge >= 0.3 is 0 Å². The number of aryl methyl sites for hydroxylation is 2. The lowest BCUT2D eigenvalue weighted by Crippen LogP contribution is -2.25. The molecule has 0 saturated carbocycles. The smallest absolute Gasteiger partial charge is 0.262 e. The average molecular weight is 562 g/mol. The van der Waals surface area contributed by atoms with Crippen LogP contribution in [-0.4, -0.2) is 32.1 Å². The Kier molecular flexibility index (Phi) is 10.3. The number of carbonyl (C=O) groups is 2. The van der Waals surface area contributed by atoms with Crippen LogP contribution in [0.25, 0.3) is 6.08 Å². The highest BCUT2D eigenvalue weighted by Gasteiger charge is 2.14. The van der Waals surface area contributed by atoms with Gasteiger partial charge in [-0.1, -0.05) is 64.0 Å². The highest BCUT2D eigenvalue weighted by Crippen LogP contribution is 2.34. The molecule has 7 nitrogen and oxygen atoms in total. The molecular weight excluding hydrogens is 534 g/mol. The quantitative estimate of drug-likeness (QED) is 0.184. The fourth-order valence-electron chi connectivity index (χ4n) is 3.45. The largest absolute Gasteiger partial charge is 0.493 e. The molecule has 3 aromatic carbocycles. The van der Waals surface area contributed by atoms with Gasteiger partial charge in [-0.3, -0.25) is 9.59 Å². The van der Waals surface area contributed by atoms with Crippen LogP contribution in [0.15, 0.2) is 76.8 Å². The van der Waals surface area contributed by atoms with Gasteiger partial charge < -0.3 is 20.1 Å². The topological polar surface area (TPSA) is 100 Å². The van der Waals surface area contributed by atoms with E-state index >= 15 is 0 Å². The van der Waals surface area contributed by atoms with Crippen LogP contribution in [0.3, 0.4) is 0 Å². The highest BCUT2D eigenvalue weighted by atomic mass is 79.9. The number of amides is 2. The molecule has 3 rings (SSSR count). The third-order valence-electron chi connectivity index (χ3n) is 5.41. The molecule has 3 aromatic rings. The number of anilines is 1. The van der Waals surface area contributed by atoms with E-state index in [1.807, 2.05) is 67.6 Å². The Hall–Kier alpha value is -4.09. The molecule has 0 fully saturated rings. The second-order valence-corrected chi connectivity index (χ2v) is 9.10. The standard InChI is InChI=1S/C29H28BrN3O4/c1-20-10-12-24(13-11-20)33-28(34)19-37-27-17-25(30)22(16-26(27)36-2)15-23(18-31)29(35)32-14-6-9-21-7-4-3-5-8-21/h3-5,7-8,10-13,15-17H,6,9,14,19H2,1-2H3,(H,32,35)(H,33,34)/b23-15-. The maximum atomic E-state index is 12.6. The lowest BCUT2D eigenvalue weighted by atomic mass is 10.1. The number of rotatable bonds is 11. The summed E-state index contributed by atoms with van der Waals surface area (Å²) in [6.07, 6.45) is 3.07. The molecule has 0 bridgehead atoms. The predicted molar refractivity (Wildman–Crippen MR) is 147 cm³/mol. The number of nitrogens with zero attached hydrogens (tertiary/aromatic N) is 1. The van der Waals surface area contributed by atoms with Gasteiger partial charge in [-0.05, 0) is 61.2 Å². The highest BCUT2D eigenvalue weighted by molar-refractivity contribution is 9.10. The number of hydrogen-bond acceptors (Lipinski definition) is 5. The van der Waals surface area contributed by atoms with Crippen molar-refractivity contribution >= 4 is 39.5 Å². The Bertz CT molecular complexity index is 1300. The van der Waals surface area contributed by atoms with E-state index in [1.54, 1.807) is 12.1 Å². The summed E-state index contributed by atoms with van der Waals surface area (Å²) in [4.78, 5) is 24.8. The van der Waals surface area contributed by atoms with Crippen molar-refractivity contribution in [3.05, 3.63) is 93.5 Å². The monoisotopic (exact) mass is 561 g/mol. The number of methoxy groups -OCH3 is 1. The minimum absolute atomic E-state index is 0.0337. The van der Waals surface area contributed by atoms with Gasteiger partial charge in [-0.25, -0.2) is 0 Å². The number of ether oxygens (including phenoxy) is 2. The van der Waals surface area contributed by atoms with E-state index < -0.39 is 5.91 Å². The van der Waals surface area contributed by atoms with Crippen LogP contribution < -0.4 is 20.1 Å². The van der Waals surface area contributed by atoms with Crippen LogP contribution in [0.4, 0.5) is 5.69 Å². The van der Waals surface area contributed by atoms with Crippen LogP contribution in [0.2, 0.25) is 0 Å². The number of nitrogens with one attached hydrogen (secondary N) is 2. The van der Waals surface area contributed by atoms with Gasteiger partial charge in [0.1, 0.15) is 11.6 Å². The van der Waals surface area contributed by atoms with E-state index in [1.165, 1.54) is 18.7 Å². The second-order valence-electron chi connectivity index (χ2n) is 8.24. The van der Waals surface area contributed by atoms with Crippen molar-refractivity contribution < 1.29 is 19.1 Å². The van der Waals surface area contributed by atoms with Crippen molar-refractivity contribution in [3.63, 3.8) is 0 Å². The summed E-state index contributed by atoms with van der Waals surface area (Å²) in [7, 11) is 1.47. The van der Waals surface area contributed by atoms with Crippen molar-refractivity contribution in [1.82, 2.24) is 5.32 Å². The van der Waals surface area contributed by atoms with Gasteiger partial charge in [-0.15, -0.1) is 0 Å². The molecule has 0 aliphatic carbocycles. The zero-order chi connectivity index (χ0) is 26.6. The van der Waals surface area contributed by atoms with Crippen LogP contribution in [-0.2, 0) is 16.0 Å². The Morgan fingerprint density at radius 3 is 2.46 bits per heavy atom. The lowest BCUT2D eigenvalue weighted by molar-refractivity contribution is -0.118. The minimum atomic E-state index is -0.450. The van der Waals surface area contributed by atoms with Crippen LogP contribution >= 0.6 is 15.9 Å². The molecule has 8 heteroatoms. The van der Waals surface area contributed by atoms with Crippen LogP contribution in [0, 0.1) is 18.3 Å². The number of halogens is 1. The molecule has 37 heavy (non-hydrogen) atoms. The van der Waals surface area contributed by atoms with Crippen LogP contribution in [0.1, 0.15) is 23.1 Å². The summed E-state index contributed by atoms with van der Waals surface area (Å²) in [6, 6.07) is 22.7. The van der Waals surface area contributed by atoms with Crippen molar-refractivity contribution in [2.24, 2.45) is 0 Å². The Labute approximate surface area is 225 Å². The van der Waals surface area contributed by atoms with Gasteiger partial charge in [0.05, 0.1) is 7.11 Å². The molecule has 0 saturated heterocycles. The summed E-state index contributed by atoms with van der Waals surface area (Å²) in [5.41, 5.74) is 3.49. The van der Waals surface area contributed by atoms with Gasteiger partial charge in [0.2, 0.25) is 0 Å². The molecule has 0 unspecified atom stereocenters. The summed E-state index contributed by atoms with van der Waals surface area (Å²) in [6.45, 7) is 2.20. The molecule has 0 aliphatic heterocycles. The Morgan fingerprint density at radius 2 is 1.78 bits per heavy atom. The van der Waals surface area contributed by atoms with E-state index in [9.17, 15) is 14.9 Å². The van der Waals surface area contributed by atoms with E-state index in [0.717, 1.165) is 18.4 Å². The molecule has 2 amide bonds. The third kappa shape index (κ3) is 8.51. The van der Waals surface area contributed by atoms with Gasteiger partial charge in [0, 0.05) is 16.7 Å². The first kappa shape index (κ1) is 27.5. The van der Waals surface area contributed by atoms with Crippen molar-refractivity contribution in [2.45, 2.75) is 19.8 Å². The Balaban J connectivity index is 1.61. The third-order valence-corrected chi connectivity index (χ3v) is 6.10. The predicted octanol–water partition coefficient (Wildman–Crippen LogP) is 5.44. The zero-order valence-corrected chi connectivity index (χ0v) is 22.3. The van der Waals surface area contributed by atoms with Gasteiger partial charge in [0.15, 0.2) is 18.1 Å². The SMILES string of the molecule is COc1cc(/C=C(/C#N)C(=O)NCCCc2ccccc2)c(Br)cc1OCC(=O)Nc1ccc(C)cc1. The molecule has 190 valence electrons. The maximum Gasteiger partial charge on any atom is 0.262 e. The molecule has 0 spiro atoms. The molecular formula is C29H28BrN3O4. The average Bonchev–Trinajstić information content (AvgIpc) is 2.91. The van der Waals surface area contributed by atoms with Crippen molar-refractivity contribution in [1.29, 1.82) is 5.26 Å². The summed E-state index contributed by atoms with van der Waals surface area (Å²) < 4.78 is 11.7. The van der Waals surface area contributed by atoms with E-state index in [-0.39, 0.29) is 18.1 Å². The van der Waals surface area contributed by atoms with E-state index in [0.29, 0.717) is 33.8 Å². The summed E-state index contributed by atoms with van der Waals surface area (Å²) >= 11 is 3.45. The molecule has 2 N–H and O–H groups in total. The normalized spacial score (nSPS) is 10.8. The van der Waals surface area contributed by atoms with E-state index in [4.69, 9.17) is 9.47 Å². The van der Waals surface area contributed by atoms with Crippen molar-refractivity contribution in [2.75, 3.05) is 25.6 Å². The number of nitriles is 1. The first-order valence-corrected chi connectivity index (χ1v) is 12.5. The second kappa shape index (κ2) is 13.9. The number of carbonyl (C=O) groups excluding carboxylic acids is 2. The first-order valence-electron chi connectivity index (χ1n) is 11.7. The first-order chi connectivity index (χ1) is 17.9. The maximum absolute atomic E-state index is 12.6. The zero-order valence-electron chi connectivity index (χ0n) is 20.7. The van der Waals surface area contributed by atoms with Crippen molar-refractivity contribution in [3.8, 4) is 17.6 Å². The molecule has 0 heterocycles. The van der Waals surface area contributed by atoms with Gasteiger partial charge in [-0.2, -0.15) is 5.26 Å². The lowest BCUT2D eigenvalue weighted by Gasteiger charge is -2.13. The van der Waals surface area contributed by atoms with Gasteiger partial charge in [0.25, 0.3) is 11.8 Å². The molecule has 0 aromatic heterocycles.